The standard InChI is InChI=1S/C17H30N4O3.HI/c1-5-14-13(15(6-2)24-21-14)11-19-16(18-3)20-12-17(22-4)7-9-23-10-8-17;/h5-12H2,1-4H3,(H2,18,19,20);1H. The molecule has 0 atom stereocenters. The monoisotopic (exact) mass is 466 g/mol. The Morgan fingerprint density at radius 2 is 1.96 bits per heavy atom. The van der Waals surface area contributed by atoms with Crippen LogP contribution in [0.1, 0.15) is 43.7 Å². The minimum atomic E-state index is -0.184. The molecule has 1 aromatic rings. The van der Waals surface area contributed by atoms with Crippen LogP contribution in [0.2, 0.25) is 0 Å². The molecule has 0 aromatic carbocycles. The van der Waals surface area contributed by atoms with Crippen molar-refractivity contribution in [3.63, 3.8) is 0 Å². The molecule has 1 aromatic heterocycles. The van der Waals surface area contributed by atoms with Gasteiger partial charge < -0.3 is 24.6 Å². The largest absolute Gasteiger partial charge is 0.381 e. The van der Waals surface area contributed by atoms with Crippen LogP contribution in [0.4, 0.5) is 0 Å². The lowest BCUT2D eigenvalue weighted by molar-refractivity contribution is -0.0855. The highest BCUT2D eigenvalue weighted by atomic mass is 127. The van der Waals surface area contributed by atoms with Gasteiger partial charge in [0.1, 0.15) is 5.76 Å². The summed E-state index contributed by atoms with van der Waals surface area (Å²) in [4.78, 5) is 4.30. The van der Waals surface area contributed by atoms with Gasteiger partial charge in [-0.1, -0.05) is 19.0 Å². The first-order chi connectivity index (χ1) is 11.7. The Labute approximate surface area is 167 Å². The number of hydrogen-bond donors (Lipinski definition) is 2. The Bertz CT molecular complexity index is 520. The molecule has 25 heavy (non-hydrogen) atoms. The van der Waals surface area contributed by atoms with Crippen LogP contribution >= 0.6 is 24.0 Å². The van der Waals surface area contributed by atoms with Crippen molar-refractivity contribution < 1.29 is 14.0 Å². The molecule has 0 saturated carbocycles. The summed E-state index contributed by atoms with van der Waals surface area (Å²) < 4.78 is 16.6. The third kappa shape index (κ3) is 5.82. The maximum absolute atomic E-state index is 5.75. The minimum Gasteiger partial charge on any atom is -0.381 e. The Morgan fingerprint density at radius 3 is 2.52 bits per heavy atom. The topological polar surface area (TPSA) is 80.9 Å². The average Bonchev–Trinajstić information content (AvgIpc) is 3.04. The van der Waals surface area contributed by atoms with Gasteiger partial charge in [-0.25, -0.2) is 0 Å². The smallest absolute Gasteiger partial charge is 0.191 e. The van der Waals surface area contributed by atoms with Gasteiger partial charge in [-0.2, -0.15) is 0 Å². The molecule has 0 spiro atoms. The van der Waals surface area contributed by atoms with Crippen LogP contribution in [-0.4, -0.2) is 50.6 Å². The van der Waals surface area contributed by atoms with Crippen molar-refractivity contribution in [1.29, 1.82) is 0 Å². The first-order valence-corrected chi connectivity index (χ1v) is 8.71. The number of halogens is 1. The second-order valence-electron chi connectivity index (χ2n) is 6.02. The lowest BCUT2D eigenvalue weighted by atomic mass is 9.94. The van der Waals surface area contributed by atoms with Crippen molar-refractivity contribution in [2.24, 2.45) is 4.99 Å². The van der Waals surface area contributed by atoms with Crippen LogP contribution in [-0.2, 0) is 28.9 Å². The van der Waals surface area contributed by atoms with E-state index in [2.05, 4.69) is 34.6 Å². The third-order valence-electron chi connectivity index (χ3n) is 4.68. The van der Waals surface area contributed by atoms with Gasteiger partial charge in [-0.3, -0.25) is 4.99 Å². The molecule has 7 nitrogen and oxygen atoms in total. The zero-order chi connectivity index (χ0) is 17.4. The second kappa shape index (κ2) is 11.0. The van der Waals surface area contributed by atoms with Gasteiger partial charge in [0, 0.05) is 65.3 Å². The summed E-state index contributed by atoms with van der Waals surface area (Å²) in [5, 5.41) is 10.9. The fourth-order valence-electron chi connectivity index (χ4n) is 2.97. The van der Waals surface area contributed by atoms with E-state index in [9.17, 15) is 0 Å². The highest BCUT2D eigenvalue weighted by Crippen LogP contribution is 2.23. The van der Waals surface area contributed by atoms with Gasteiger partial charge in [0.2, 0.25) is 0 Å². The second-order valence-corrected chi connectivity index (χ2v) is 6.02. The molecule has 2 rings (SSSR count). The van der Waals surface area contributed by atoms with Crippen LogP contribution in [0.15, 0.2) is 9.52 Å². The molecular weight excluding hydrogens is 435 g/mol. The summed E-state index contributed by atoms with van der Waals surface area (Å²) in [5.41, 5.74) is 1.96. The molecule has 0 aliphatic carbocycles. The lowest BCUT2D eigenvalue weighted by Gasteiger charge is -2.36. The lowest BCUT2D eigenvalue weighted by Crippen LogP contribution is -2.50. The van der Waals surface area contributed by atoms with E-state index >= 15 is 0 Å². The van der Waals surface area contributed by atoms with Crippen molar-refractivity contribution >= 4 is 29.9 Å². The minimum absolute atomic E-state index is 0. The number of aryl methyl sites for hydroxylation is 2. The molecule has 0 radical (unpaired) electrons. The number of nitrogens with one attached hydrogen (secondary N) is 2. The normalized spacial score (nSPS) is 17.0. The SMILES string of the molecule is CCc1noc(CC)c1CNC(=NC)NCC1(OC)CCOCC1.I. The molecule has 0 bridgehead atoms. The van der Waals surface area contributed by atoms with E-state index in [0.717, 1.165) is 61.9 Å². The number of hydrogen-bond acceptors (Lipinski definition) is 5. The van der Waals surface area contributed by atoms with Crippen LogP contribution in [0.5, 0.6) is 0 Å². The summed E-state index contributed by atoms with van der Waals surface area (Å²) >= 11 is 0. The van der Waals surface area contributed by atoms with E-state index in [1.165, 1.54) is 0 Å². The van der Waals surface area contributed by atoms with Crippen molar-refractivity contribution in [3.05, 3.63) is 17.0 Å². The summed E-state index contributed by atoms with van der Waals surface area (Å²) in [6.45, 7) is 6.99. The van der Waals surface area contributed by atoms with Gasteiger partial charge >= 0.3 is 0 Å². The predicted octanol–water partition coefficient (Wildman–Crippen LogP) is 2.28. The molecule has 8 heteroatoms. The van der Waals surface area contributed by atoms with Crippen LogP contribution in [0, 0.1) is 0 Å². The van der Waals surface area contributed by atoms with Crippen LogP contribution < -0.4 is 10.6 Å². The molecule has 1 aliphatic rings. The summed E-state index contributed by atoms with van der Waals surface area (Å²) in [5.74, 6) is 1.69. The average molecular weight is 466 g/mol. The molecule has 0 amide bonds. The molecule has 1 saturated heterocycles. The molecule has 0 unspecified atom stereocenters. The maximum atomic E-state index is 5.75. The molecule has 1 fully saturated rings. The number of nitrogens with zero attached hydrogens (tertiary/aromatic N) is 2. The zero-order valence-electron chi connectivity index (χ0n) is 15.7. The molecule has 1 aliphatic heterocycles. The Kier molecular flexibility index (Phi) is 9.73. The number of aliphatic imine (C=N–C) groups is 1. The number of ether oxygens (including phenoxy) is 2. The van der Waals surface area contributed by atoms with Gasteiger partial charge in [-0.15, -0.1) is 24.0 Å². The van der Waals surface area contributed by atoms with Crippen LogP contribution in [0.3, 0.4) is 0 Å². The maximum Gasteiger partial charge on any atom is 0.191 e. The van der Waals surface area contributed by atoms with Gasteiger partial charge in [0.15, 0.2) is 5.96 Å². The first-order valence-electron chi connectivity index (χ1n) is 8.71. The Morgan fingerprint density at radius 1 is 1.24 bits per heavy atom. The molecule has 2 heterocycles. The number of rotatable bonds is 7. The first kappa shape index (κ1) is 22.2. The number of guanidine groups is 1. The third-order valence-corrected chi connectivity index (χ3v) is 4.68. The fraction of sp³-hybridized carbons (Fsp3) is 0.765. The Hall–Kier alpha value is -0.870. The van der Waals surface area contributed by atoms with E-state index in [0.29, 0.717) is 13.1 Å². The van der Waals surface area contributed by atoms with Gasteiger partial charge in [-0.05, 0) is 6.42 Å². The van der Waals surface area contributed by atoms with E-state index in [1.807, 2.05) is 0 Å². The van der Waals surface area contributed by atoms with Crippen molar-refractivity contribution in [2.75, 3.05) is 33.9 Å². The van der Waals surface area contributed by atoms with Crippen molar-refractivity contribution in [1.82, 2.24) is 15.8 Å². The van der Waals surface area contributed by atoms with Gasteiger partial charge in [0.25, 0.3) is 0 Å². The predicted molar refractivity (Wildman–Crippen MR) is 109 cm³/mol. The van der Waals surface area contributed by atoms with Gasteiger partial charge in [0.05, 0.1) is 11.3 Å². The Balaban J connectivity index is 0.00000312. The quantitative estimate of drug-likeness (QED) is 0.365. The highest BCUT2D eigenvalue weighted by Gasteiger charge is 2.32. The molecule has 2 N–H and O–H groups in total. The zero-order valence-corrected chi connectivity index (χ0v) is 18.0. The summed E-state index contributed by atoms with van der Waals surface area (Å²) in [6.07, 6.45) is 3.47. The fourth-order valence-corrected chi connectivity index (χ4v) is 2.97. The van der Waals surface area contributed by atoms with E-state index < -0.39 is 0 Å². The molecule has 144 valence electrons. The molecular formula is C17H31IN4O3. The van der Waals surface area contributed by atoms with Crippen molar-refractivity contribution in [2.45, 2.75) is 51.7 Å². The van der Waals surface area contributed by atoms with E-state index in [-0.39, 0.29) is 29.6 Å². The summed E-state index contributed by atoms with van der Waals surface area (Å²) in [6, 6.07) is 0. The highest BCUT2D eigenvalue weighted by molar-refractivity contribution is 14.0. The number of methoxy groups -OCH3 is 1. The van der Waals surface area contributed by atoms with E-state index in [4.69, 9.17) is 14.0 Å². The number of aromatic nitrogens is 1. The van der Waals surface area contributed by atoms with Crippen molar-refractivity contribution in [3.8, 4) is 0 Å². The van der Waals surface area contributed by atoms with Crippen LogP contribution in [0.25, 0.3) is 0 Å². The summed E-state index contributed by atoms with van der Waals surface area (Å²) in [7, 11) is 3.54. The van der Waals surface area contributed by atoms with E-state index in [1.54, 1.807) is 14.2 Å².